The lowest BCUT2D eigenvalue weighted by molar-refractivity contribution is 0.139. The summed E-state index contributed by atoms with van der Waals surface area (Å²) in [5, 5.41) is 3.29. The molecule has 1 aliphatic rings. The van der Waals surface area contributed by atoms with E-state index >= 15 is 0 Å². The number of nitrogens with one attached hydrogen (secondary N) is 1. The topological polar surface area (TPSA) is 67.4 Å². The van der Waals surface area contributed by atoms with Crippen molar-refractivity contribution < 1.29 is 9.53 Å². The molecule has 0 bridgehead atoms. The first-order valence-electron chi connectivity index (χ1n) is 8.23. The summed E-state index contributed by atoms with van der Waals surface area (Å²) in [6.45, 7) is 6.08. The predicted molar refractivity (Wildman–Crippen MR) is 97.9 cm³/mol. The highest BCUT2D eigenvalue weighted by Crippen LogP contribution is 2.28. The van der Waals surface area contributed by atoms with Gasteiger partial charge in [-0.3, -0.25) is 4.90 Å². The number of amides is 1. The lowest BCUT2D eigenvalue weighted by atomic mass is 10.1. The number of halogens is 1. The zero-order chi connectivity index (χ0) is 18.0. The number of carbonyl (C=O) groups is 1. The summed E-state index contributed by atoms with van der Waals surface area (Å²) >= 11 is 5.83. The fraction of sp³-hybridized carbons (Fsp3) is 0.389. The summed E-state index contributed by atoms with van der Waals surface area (Å²) in [6, 6.07) is 8.05. The fourth-order valence-corrected chi connectivity index (χ4v) is 2.88. The van der Waals surface area contributed by atoms with Gasteiger partial charge < -0.3 is 10.1 Å². The van der Waals surface area contributed by atoms with E-state index in [4.69, 9.17) is 16.3 Å². The van der Waals surface area contributed by atoms with Crippen molar-refractivity contribution in [2.24, 2.45) is 0 Å². The van der Waals surface area contributed by atoms with Crippen LogP contribution >= 0.6 is 11.6 Å². The molecule has 0 saturated heterocycles. The first kappa shape index (κ1) is 17.5. The molecule has 132 valence electrons. The molecule has 0 spiro atoms. The summed E-state index contributed by atoms with van der Waals surface area (Å²) in [7, 11) is 0. The molecule has 1 aromatic carbocycles. The van der Waals surface area contributed by atoms with Crippen molar-refractivity contribution in [1.82, 2.24) is 9.97 Å². The van der Waals surface area contributed by atoms with Crippen LogP contribution in [-0.4, -0.2) is 22.1 Å². The van der Waals surface area contributed by atoms with Gasteiger partial charge in [0.05, 0.1) is 11.6 Å². The lowest BCUT2D eigenvalue weighted by Gasteiger charge is -2.30. The van der Waals surface area contributed by atoms with Crippen LogP contribution in [0.4, 0.5) is 16.6 Å². The number of hydrogen-bond donors (Lipinski definition) is 1. The smallest absolute Gasteiger partial charge is 0.416 e. The summed E-state index contributed by atoms with van der Waals surface area (Å²) in [5.41, 5.74) is 2.99. The highest BCUT2D eigenvalue weighted by Gasteiger charge is 2.30. The molecule has 2 heterocycles. The quantitative estimate of drug-likeness (QED) is 0.807. The van der Waals surface area contributed by atoms with Crippen LogP contribution in [0.5, 0.6) is 0 Å². The van der Waals surface area contributed by atoms with E-state index in [0.717, 1.165) is 16.7 Å². The van der Waals surface area contributed by atoms with Gasteiger partial charge in [-0.25, -0.2) is 9.78 Å². The molecule has 0 unspecified atom stereocenters. The van der Waals surface area contributed by atoms with E-state index in [2.05, 4.69) is 15.3 Å². The molecule has 6 nitrogen and oxygen atoms in total. The number of rotatable bonds is 5. The SMILES string of the molecule is CC(C)N1C(=O)OCc2cnc(N[C@@H](C)c3ccc(CCl)cc3)nc21. The second-order valence-electron chi connectivity index (χ2n) is 6.30. The van der Waals surface area contributed by atoms with E-state index in [0.29, 0.717) is 17.6 Å². The van der Waals surface area contributed by atoms with Crippen LogP contribution in [0, 0.1) is 0 Å². The number of hydrogen-bond acceptors (Lipinski definition) is 5. The number of benzene rings is 1. The summed E-state index contributed by atoms with van der Waals surface area (Å²) in [5.74, 6) is 1.58. The van der Waals surface area contributed by atoms with E-state index in [1.807, 2.05) is 45.0 Å². The third-order valence-corrected chi connectivity index (χ3v) is 4.42. The average Bonchev–Trinajstić information content (AvgIpc) is 2.61. The second-order valence-corrected chi connectivity index (χ2v) is 6.57. The molecule has 7 heteroatoms. The van der Waals surface area contributed by atoms with Crippen LogP contribution in [0.3, 0.4) is 0 Å². The Morgan fingerprint density at radius 2 is 2.00 bits per heavy atom. The van der Waals surface area contributed by atoms with Gasteiger partial charge >= 0.3 is 6.09 Å². The number of carbonyl (C=O) groups excluding carboxylic acids is 1. The first-order chi connectivity index (χ1) is 12.0. The maximum Gasteiger partial charge on any atom is 0.416 e. The Bertz CT molecular complexity index is 764. The van der Waals surface area contributed by atoms with Crippen LogP contribution in [0.1, 0.15) is 43.5 Å². The number of nitrogens with zero attached hydrogens (tertiary/aromatic N) is 3. The van der Waals surface area contributed by atoms with Gasteiger partial charge in [0.25, 0.3) is 0 Å². The van der Waals surface area contributed by atoms with Crippen molar-refractivity contribution in [2.45, 2.75) is 45.3 Å². The van der Waals surface area contributed by atoms with Crippen LogP contribution in [-0.2, 0) is 17.2 Å². The molecule has 1 amide bonds. The molecule has 0 aliphatic carbocycles. The summed E-state index contributed by atoms with van der Waals surface area (Å²) < 4.78 is 5.17. The second kappa shape index (κ2) is 7.27. The summed E-state index contributed by atoms with van der Waals surface area (Å²) in [4.78, 5) is 22.5. The third-order valence-electron chi connectivity index (χ3n) is 4.11. The number of cyclic esters (lactones) is 1. The van der Waals surface area contributed by atoms with Crippen molar-refractivity contribution >= 4 is 29.5 Å². The Hall–Kier alpha value is -2.34. The Labute approximate surface area is 152 Å². The van der Waals surface area contributed by atoms with Crippen molar-refractivity contribution in [3.8, 4) is 0 Å². The summed E-state index contributed by atoms with van der Waals surface area (Å²) in [6.07, 6.45) is 1.33. The van der Waals surface area contributed by atoms with Crippen LogP contribution in [0.25, 0.3) is 0 Å². The number of anilines is 2. The Morgan fingerprint density at radius 1 is 1.28 bits per heavy atom. The molecular formula is C18H21ClN4O2. The fourth-order valence-electron chi connectivity index (χ4n) is 2.70. The first-order valence-corrected chi connectivity index (χ1v) is 8.76. The van der Waals surface area contributed by atoms with Crippen molar-refractivity contribution in [3.63, 3.8) is 0 Å². The molecular weight excluding hydrogens is 340 g/mol. The van der Waals surface area contributed by atoms with Crippen molar-refractivity contribution in [3.05, 3.63) is 47.2 Å². The Kier molecular flexibility index (Phi) is 5.08. The van der Waals surface area contributed by atoms with Crippen LogP contribution in [0.2, 0.25) is 0 Å². The monoisotopic (exact) mass is 360 g/mol. The van der Waals surface area contributed by atoms with E-state index in [1.54, 1.807) is 11.1 Å². The van der Waals surface area contributed by atoms with Gasteiger partial charge in [0.2, 0.25) is 5.95 Å². The van der Waals surface area contributed by atoms with E-state index < -0.39 is 0 Å². The Morgan fingerprint density at radius 3 is 2.64 bits per heavy atom. The average molecular weight is 361 g/mol. The minimum absolute atomic E-state index is 0.0190. The maximum atomic E-state index is 12.0. The molecule has 0 saturated carbocycles. The lowest BCUT2D eigenvalue weighted by Crippen LogP contribution is -2.41. The minimum Gasteiger partial charge on any atom is -0.444 e. The van der Waals surface area contributed by atoms with Crippen LogP contribution < -0.4 is 10.2 Å². The van der Waals surface area contributed by atoms with Crippen molar-refractivity contribution in [1.29, 1.82) is 0 Å². The molecule has 2 aromatic rings. The van der Waals surface area contributed by atoms with E-state index in [9.17, 15) is 4.79 Å². The van der Waals surface area contributed by atoms with Gasteiger partial charge in [0.1, 0.15) is 12.4 Å². The third kappa shape index (κ3) is 3.69. The number of ether oxygens (including phenoxy) is 1. The van der Waals surface area contributed by atoms with E-state index in [1.165, 1.54) is 0 Å². The number of fused-ring (bicyclic) bond motifs is 1. The van der Waals surface area contributed by atoms with E-state index in [-0.39, 0.29) is 24.8 Å². The normalized spacial score (nSPS) is 14.9. The minimum atomic E-state index is -0.378. The number of aromatic nitrogens is 2. The van der Waals surface area contributed by atoms with Gasteiger partial charge in [-0.1, -0.05) is 24.3 Å². The van der Waals surface area contributed by atoms with Crippen molar-refractivity contribution in [2.75, 3.05) is 10.2 Å². The van der Waals surface area contributed by atoms with Gasteiger partial charge in [-0.2, -0.15) is 4.98 Å². The number of alkyl halides is 1. The van der Waals surface area contributed by atoms with Crippen LogP contribution in [0.15, 0.2) is 30.5 Å². The van der Waals surface area contributed by atoms with Gasteiger partial charge in [0, 0.05) is 18.1 Å². The molecule has 25 heavy (non-hydrogen) atoms. The van der Waals surface area contributed by atoms with Gasteiger partial charge in [-0.05, 0) is 31.9 Å². The zero-order valence-corrected chi connectivity index (χ0v) is 15.2. The Balaban J connectivity index is 1.82. The molecule has 1 atom stereocenters. The van der Waals surface area contributed by atoms with Gasteiger partial charge in [0.15, 0.2) is 0 Å². The molecule has 3 rings (SSSR count). The highest BCUT2D eigenvalue weighted by molar-refractivity contribution is 6.17. The molecule has 0 fully saturated rings. The molecule has 1 aromatic heterocycles. The molecule has 0 radical (unpaired) electrons. The molecule has 1 aliphatic heterocycles. The molecule has 1 N–H and O–H groups in total. The largest absolute Gasteiger partial charge is 0.444 e. The highest BCUT2D eigenvalue weighted by atomic mass is 35.5. The standard InChI is InChI=1S/C18H21ClN4O2/c1-11(2)23-16-15(10-25-18(23)24)9-20-17(22-16)21-12(3)14-6-4-13(8-19)5-7-14/h4-7,9,11-12H,8,10H2,1-3H3,(H,20,21,22)/t12-/m0/s1. The van der Waals surface area contributed by atoms with Gasteiger partial charge in [-0.15, -0.1) is 11.6 Å². The predicted octanol–water partition coefficient (Wildman–Crippen LogP) is 4.25. The zero-order valence-electron chi connectivity index (χ0n) is 14.5. The maximum absolute atomic E-state index is 12.0.